The second-order valence-corrected chi connectivity index (χ2v) is 3.88. The van der Waals surface area contributed by atoms with Gasteiger partial charge in [0.15, 0.2) is 0 Å². The summed E-state index contributed by atoms with van der Waals surface area (Å²) in [6.45, 7) is 3.79. The first-order valence-electron chi connectivity index (χ1n) is 4.50. The fourth-order valence-corrected chi connectivity index (χ4v) is 1.44. The van der Waals surface area contributed by atoms with E-state index in [0.29, 0.717) is 17.8 Å². The molecule has 6 heteroatoms. The lowest BCUT2D eigenvalue weighted by Gasteiger charge is -2.24. The first-order valence-corrected chi connectivity index (χ1v) is 5.27. The summed E-state index contributed by atoms with van der Waals surface area (Å²) in [6, 6.07) is 0. The van der Waals surface area contributed by atoms with Crippen LogP contribution in [-0.4, -0.2) is 21.0 Å². The monoisotopic (exact) mass is 214 g/mol. The number of hydrogen-bond acceptors (Lipinski definition) is 5. The summed E-state index contributed by atoms with van der Waals surface area (Å²) in [5.41, 5.74) is 5.12. The standard InChI is InChI=1S/C8H14N4OS/c1-3-8(9,4-2)7(13)11-6-5-10-12-14-6/h5H,3-4,9H2,1-2H3,(H,11,13). The number of aromatic nitrogens is 2. The maximum Gasteiger partial charge on any atom is 0.245 e. The van der Waals surface area contributed by atoms with E-state index in [1.54, 1.807) is 0 Å². The molecule has 0 aromatic carbocycles. The van der Waals surface area contributed by atoms with Gasteiger partial charge < -0.3 is 11.1 Å². The molecule has 3 N–H and O–H groups in total. The summed E-state index contributed by atoms with van der Waals surface area (Å²) in [6.07, 6.45) is 2.73. The van der Waals surface area contributed by atoms with Gasteiger partial charge >= 0.3 is 0 Å². The zero-order valence-electron chi connectivity index (χ0n) is 8.28. The van der Waals surface area contributed by atoms with E-state index < -0.39 is 5.54 Å². The highest BCUT2D eigenvalue weighted by atomic mass is 32.1. The van der Waals surface area contributed by atoms with Gasteiger partial charge in [0.25, 0.3) is 0 Å². The van der Waals surface area contributed by atoms with Crippen molar-refractivity contribution >= 4 is 22.4 Å². The van der Waals surface area contributed by atoms with Crippen molar-refractivity contribution in [3.05, 3.63) is 6.20 Å². The van der Waals surface area contributed by atoms with Gasteiger partial charge in [0.05, 0.1) is 11.7 Å². The van der Waals surface area contributed by atoms with Crippen molar-refractivity contribution in [2.24, 2.45) is 5.73 Å². The number of carbonyl (C=O) groups is 1. The normalized spacial score (nSPS) is 11.4. The minimum absolute atomic E-state index is 0.173. The molecule has 0 aliphatic rings. The van der Waals surface area contributed by atoms with E-state index in [0.717, 1.165) is 11.5 Å². The van der Waals surface area contributed by atoms with Crippen LogP contribution in [0, 0.1) is 0 Å². The molecule has 0 aliphatic heterocycles. The number of hydrogen-bond donors (Lipinski definition) is 2. The van der Waals surface area contributed by atoms with Crippen LogP contribution in [0.4, 0.5) is 5.00 Å². The molecule has 0 aliphatic carbocycles. The Labute approximate surface area is 86.9 Å². The van der Waals surface area contributed by atoms with Crippen LogP contribution in [0.5, 0.6) is 0 Å². The Morgan fingerprint density at radius 3 is 2.71 bits per heavy atom. The number of carbonyl (C=O) groups excluding carboxylic acids is 1. The summed E-state index contributed by atoms with van der Waals surface area (Å²) in [5.74, 6) is -0.173. The lowest BCUT2D eigenvalue weighted by molar-refractivity contribution is -0.121. The number of rotatable bonds is 4. The van der Waals surface area contributed by atoms with E-state index in [1.165, 1.54) is 6.20 Å². The molecule has 0 atom stereocenters. The van der Waals surface area contributed by atoms with Crippen LogP contribution in [0.15, 0.2) is 6.20 Å². The van der Waals surface area contributed by atoms with E-state index >= 15 is 0 Å². The molecule has 0 spiro atoms. The molecule has 78 valence electrons. The Kier molecular flexibility index (Phi) is 3.54. The van der Waals surface area contributed by atoms with E-state index in [4.69, 9.17) is 5.73 Å². The topological polar surface area (TPSA) is 80.9 Å². The van der Waals surface area contributed by atoms with E-state index in [-0.39, 0.29) is 5.91 Å². The largest absolute Gasteiger partial charge is 0.317 e. The van der Waals surface area contributed by atoms with E-state index in [2.05, 4.69) is 14.9 Å². The second kappa shape index (κ2) is 4.47. The SMILES string of the molecule is CCC(N)(CC)C(=O)Nc1cnns1. The quantitative estimate of drug-likeness (QED) is 0.783. The third kappa shape index (κ3) is 2.27. The van der Waals surface area contributed by atoms with Crippen LogP contribution in [0.25, 0.3) is 0 Å². The zero-order chi connectivity index (χ0) is 10.6. The molecule has 0 fully saturated rings. The van der Waals surface area contributed by atoms with Crippen molar-refractivity contribution in [2.45, 2.75) is 32.2 Å². The Bertz CT molecular complexity index is 294. The van der Waals surface area contributed by atoms with Gasteiger partial charge in [-0.3, -0.25) is 4.79 Å². The minimum atomic E-state index is -0.788. The number of amides is 1. The average Bonchev–Trinajstić information content (AvgIpc) is 2.69. The van der Waals surface area contributed by atoms with Crippen molar-refractivity contribution in [1.29, 1.82) is 0 Å². The zero-order valence-corrected chi connectivity index (χ0v) is 9.10. The van der Waals surface area contributed by atoms with Crippen LogP contribution in [-0.2, 0) is 4.79 Å². The predicted molar refractivity (Wildman–Crippen MR) is 56.0 cm³/mol. The Balaban J connectivity index is 2.66. The molecule has 1 aromatic heterocycles. The Morgan fingerprint density at radius 2 is 2.29 bits per heavy atom. The second-order valence-electron chi connectivity index (χ2n) is 3.10. The summed E-state index contributed by atoms with van der Waals surface area (Å²) in [7, 11) is 0. The van der Waals surface area contributed by atoms with E-state index in [9.17, 15) is 4.79 Å². The molecule has 0 bridgehead atoms. The fourth-order valence-electron chi connectivity index (χ4n) is 1.03. The van der Waals surface area contributed by atoms with Gasteiger partial charge in [0.1, 0.15) is 5.00 Å². The van der Waals surface area contributed by atoms with E-state index in [1.807, 2.05) is 13.8 Å². The van der Waals surface area contributed by atoms with Gasteiger partial charge in [-0.2, -0.15) is 0 Å². The predicted octanol–water partition coefficient (Wildman–Crippen LogP) is 0.994. The maximum absolute atomic E-state index is 11.7. The lowest BCUT2D eigenvalue weighted by Crippen LogP contribution is -2.50. The minimum Gasteiger partial charge on any atom is -0.317 e. The molecule has 1 amide bonds. The van der Waals surface area contributed by atoms with Crippen molar-refractivity contribution in [3.63, 3.8) is 0 Å². The first kappa shape index (κ1) is 11.1. The number of nitrogens with one attached hydrogen (secondary N) is 1. The van der Waals surface area contributed by atoms with Gasteiger partial charge in [-0.05, 0) is 12.8 Å². The highest BCUT2D eigenvalue weighted by Crippen LogP contribution is 2.16. The van der Waals surface area contributed by atoms with Gasteiger partial charge in [-0.1, -0.05) is 18.3 Å². The third-order valence-corrected chi connectivity index (χ3v) is 2.89. The number of nitrogens with zero attached hydrogens (tertiary/aromatic N) is 2. The molecule has 1 aromatic rings. The summed E-state index contributed by atoms with van der Waals surface area (Å²) in [4.78, 5) is 11.7. The molecule has 0 saturated carbocycles. The Morgan fingerprint density at radius 1 is 1.64 bits per heavy atom. The van der Waals surface area contributed by atoms with Gasteiger partial charge in [0, 0.05) is 11.5 Å². The maximum atomic E-state index is 11.7. The van der Waals surface area contributed by atoms with Gasteiger partial charge in [-0.15, -0.1) is 5.10 Å². The van der Waals surface area contributed by atoms with Gasteiger partial charge in [-0.25, -0.2) is 0 Å². The summed E-state index contributed by atoms with van der Waals surface area (Å²) in [5, 5.41) is 6.95. The first-order chi connectivity index (χ1) is 6.62. The van der Waals surface area contributed by atoms with Crippen LogP contribution in [0.2, 0.25) is 0 Å². The number of nitrogens with two attached hydrogens (primary N) is 1. The smallest absolute Gasteiger partial charge is 0.245 e. The van der Waals surface area contributed by atoms with Crippen molar-refractivity contribution in [3.8, 4) is 0 Å². The van der Waals surface area contributed by atoms with Crippen LogP contribution >= 0.6 is 11.5 Å². The van der Waals surface area contributed by atoms with Crippen molar-refractivity contribution in [1.82, 2.24) is 9.59 Å². The molecule has 0 unspecified atom stereocenters. The molecule has 1 heterocycles. The van der Waals surface area contributed by atoms with Crippen LogP contribution in [0.3, 0.4) is 0 Å². The molecular formula is C8H14N4OS. The lowest BCUT2D eigenvalue weighted by atomic mass is 9.93. The Hall–Kier alpha value is -1.01. The molecule has 5 nitrogen and oxygen atoms in total. The fraction of sp³-hybridized carbons (Fsp3) is 0.625. The highest BCUT2D eigenvalue weighted by molar-refractivity contribution is 7.10. The van der Waals surface area contributed by atoms with Crippen molar-refractivity contribution in [2.75, 3.05) is 5.32 Å². The summed E-state index contributed by atoms with van der Waals surface area (Å²) >= 11 is 1.14. The van der Waals surface area contributed by atoms with Crippen LogP contribution in [0.1, 0.15) is 26.7 Å². The van der Waals surface area contributed by atoms with Crippen molar-refractivity contribution < 1.29 is 4.79 Å². The third-order valence-electron chi connectivity index (χ3n) is 2.31. The average molecular weight is 214 g/mol. The molecule has 1 rings (SSSR count). The summed E-state index contributed by atoms with van der Waals surface area (Å²) < 4.78 is 3.65. The molecule has 14 heavy (non-hydrogen) atoms. The molecule has 0 radical (unpaired) electrons. The highest BCUT2D eigenvalue weighted by Gasteiger charge is 2.30. The van der Waals surface area contributed by atoms with Crippen LogP contribution < -0.4 is 11.1 Å². The van der Waals surface area contributed by atoms with Gasteiger partial charge in [0.2, 0.25) is 5.91 Å². The molecule has 0 saturated heterocycles. The molecular weight excluding hydrogens is 200 g/mol. The number of anilines is 1.